The number of aromatic amines is 1. The molecule has 2 aromatic carbocycles. The van der Waals surface area contributed by atoms with Crippen LogP contribution in [0.15, 0.2) is 53.7 Å². The maximum atomic E-state index is 14.4. The largest absolute Gasteiger partial charge is 0.360 e. The number of nitrogens with zero attached hydrogens (tertiary/aromatic N) is 2. The van der Waals surface area contributed by atoms with E-state index in [0.717, 1.165) is 6.07 Å². The first-order valence-electron chi connectivity index (χ1n) is 10.4. The van der Waals surface area contributed by atoms with Gasteiger partial charge in [-0.15, -0.1) is 0 Å². The van der Waals surface area contributed by atoms with E-state index in [0.29, 0.717) is 25.1 Å². The maximum absolute atomic E-state index is 14.4. The molecular formula is C24H21FN4O4. The molecule has 9 heteroatoms. The zero-order valence-electron chi connectivity index (χ0n) is 17.6. The van der Waals surface area contributed by atoms with Crippen LogP contribution >= 0.6 is 0 Å². The van der Waals surface area contributed by atoms with Gasteiger partial charge in [-0.1, -0.05) is 18.2 Å². The number of Topliss-reactive ketones (excluding diaryl/α,β-unsaturated/α-hetero) is 1. The standard InChI is InChI=1S/C24H21FN4O4/c1-26-22(31)16-7-8-18(25)19-17(12-27-20(16)19)21(30)23(32)28-11-14-9-10-29(13-14)24(33)15-5-3-2-4-6-15/h2-8,12,14,27H,1,9-11,13H2,(H,28,32). The fourth-order valence-electron chi connectivity index (χ4n) is 4.04. The molecule has 2 heterocycles. The fourth-order valence-corrected chi connectivity index (χ4v) is 4.04. The van der Waals surface area contributed by atoms with Crippen LogP contribution in [0.1, 0.15) is 37.5 Å². The topological polar surface area (TPSA) is 112 Å². The number of H-pyrrole nitrogens is 1. The van der Waals surface area contributed by atoms with E-state index in [4.69, 9.17) is 0 Å². The summed E-state index contributed by atoms with van der Waals surface area (Å²) in [6.07, 6.45) is 1.89. The van der Waals surface area contributed by atoms with Gasteiger partial charge in [0.2, 0.25) is 0 Å². The van der Waals surface area contributed by atoms with E-state index in [2.05, 4.69) is 22.0 Å². The van der Waals surface area contributed by atoms with Gasteiger partial charge in [0.1, 0.15) is 5.82 Å². The van der Waals surface area contributed by atoms with Crippen LogP contribution in [0.4, 0.5) is 4.39 Å². The van der Waals surface area contributed by atoms with Gasteiger partial charge in [-0.05, 0) is 43.3 Å². The summed E-state index contributed by atoms with van der Waals surface area (Å²) in [5.74, 6) is -3.31. The highest BCUT2D eigenvalue weighted by molar-refractivity contribution is 6.45. The Bertz CT molecular complexity index is 1270. The number of fused-ring (bicyclic) bond motifs is 1. The number of carbonyl (C=O) groups excluding carboxylic acids is 4. The Kier molecular flexibility index (Phi) is 6.12. The Hall–Kier alpha value is -4.14. The number of aliphatic imine (C=N–C) groups is 1. The molecule has 1 aromatic heterocycles. The lowest BCUT2D eigenvalue weighted by Gasteiger charge is -2.16. The fraction of sp³-hybridized carbons (Fsp3) is 0.208. The van der Waals surface area contributed by atoms with Crippen molar-refractivity contribution in [3.05, 3.63) is 71.2 Å². The molecule has 0 aliphatic carbocycles. The minimum atomic E-state index is -0.925. The third kappa shape index (κ3) is 4.30. The Morgan fingerprint density at radius 2 is 1.88 bits per heavy atom. The highest BCUT2D eigenvalue weighted by Gasteiger charge is 2.29. The molecule has 3 aromatic rings. The van der Waals surface area contributed by atoms with Gasteiger partial charge in [0.05, 0.1) is 16.6 Å². The second-order valence-electron chi connectivity index (χ2n) is 7.82. The molecule has 4 rings (SSSR count). The quantitative estimate of drug-likeness (QED) is 0.343. The van der Waals surface area contributed by atoms with Gasteiger partial charge in [-0.3, -0.25) is 19.2 Å². The van der Waals surface area contributed by atoms with E-state index in [9.17, 15) is 23.6 Å². The summed E-state index contributed by atoms with van der Waals surface area (Å²) >= 11 is 0. The van der Waals surface area contributed by atoms with Gasteiger partial charge in [0.15, 0.2) is 0 Å². The third-order valence-electron chi connectivity index (χ3n) is 5.75. The number of amides is 3. The Morgan fingerprint density at radius 1 is 1.12 bits per heavy atom. The second kappa shape index (κ2) is 9.15. The molecule has 33 heavy (non-hydrogen) atoms. The smallest absolute Gasteiger partial charge is 0.292 e. The van der Waals surface area contributed by atoms with Crippen molar-refractivity contribution in [1.82, 2.24) is 15.2 Å². The van der Waals surface area contributed by atoms with Gasteiger partial charge >= 0.3 is 0 Å². The molecule has 1 saturated heterocycles. The van der Waals surface area contributed by atoms with Crippen molar-refractivity contribution >= 4 is 41.1 Å². The summed E-state index contributed by atoms with van der Waals surface area (Å²) in [6.45, 7) is 4.40. The molecule has 0 radical (unpaired) electrons. The number of ketones is 1. The van der Waals surface area contributed by atoms with E-state index in [-0.39, 0.29) is 40.4 Å². The number of rotatable bonds is 6. The lowest BCUT2D eigenvalue weighted by molar-refractivity contribution is -0.117. The highest BCUT2D eigenvalue weighted by atomic mass is 19.1. The Balaban J connectivity index is 1.41. The molecular weight excluding hydrogens is 427 g/mol. The number of likely N-dealkylation sites (tertiary alicyclic amines) is 1. The first-order valence-corrected chi connectivity index (χ1v) is 10.4. The molecule has 1 fully saturated rings. The summed E-state index contributed by atoms with van der Waals surface area (Å²) in [7, 11) is 0. The first-order chi connectivity index (χ1) is 15.9. The van der Waals surface area contributed by atoms with Gasteiger partial charge in [-0.25, -0.2) is 9.38 Å². The molecule has 168 valence electrons. The number of benzene rings is 2. The van der Waals surface area contributed by atoms with Crippen LogP contribution in [0, 0.1) is 11.7 Å². The van der Waals surface area contributed by atoms with Crippen molar-refractivity contribution in [2.75, 3.05) is 19.6 Å². The summed E-state index contributed by atoms with van der Waals surface area (Å²) in [5, 5.41) is 2.44. The van der Waals surface area contributed by atoms with E-state index in [1.54, 1.807) is 29.2 Å². The molecule has 1 aliphatic heterocycles. The van der Waals surface area contributed by atoms with E-state index in [1.165, 1.54) is 12.3 Å². The minimum Gasteiger partial charge on any atom is -0.360 e. The minimum absolute atomic E-state index is 0.00277. The molecule has 3 amide bonds. The van der Waals surface area contributed by atoms with Crippen LogP contribution < -0.4 is 5.32 Å². The lowest BCUT2D eigenvalue weighted by Crippen LogP contribution is -2.36. The number of halogens is 1. The van der Waals surface area contributed by atoms with E-state index >= 15 is 0 Å². The SMILES string of the molecule is C=NC(=O)c1ccc(F)c2c(C(=O)C(=O)NCC3CCN(C(=O)c4ccccc4)C3)c[nH]c12. The third-order valence-corrected chi connectivity index (χ3v) is 5.75. The van der Waals surface area contributed by atoms with Crippen LogP contribution in [0.25, 0.3) is 10.9 Å². The van der Waals surface area contributed by atoms with Crippen molar-refractivity contribution in [2.45, 2.75) is 6.42 Å². The van der Waals surface area contributed by atoms with E-state index in [1.807, 2.05) is 6.07 Å². The zero-order valence-corrected chi connectivity index (χ0v) is 17.6. The molecule has 2 N–H and O–H groups in total. The van der Waals surface area contributed by atoms with Crippen LogP contribution in [-0.4, -0.2) is 59.7 Å². The predicted octanol–water partition coefficient (Wildman–Crippen LogP) is 2.61. The van der Waals surface area contributed by atoms with Crippen molar-refractivity contribution in [1.29, 1.82) is 0 Å². The molecule has 1 aliphatic rings. The summed E-state index contributed by atoms with van der Waals surface area (Å²) in [5.41, 5.74) is 0.554. The van der Waals surface area contributed by atoms with Crippen LogP contribution in [0.5, 0.6) is 0 Å². The van der Waals surface area contributed by atoms with Crippen molar-refractivity contribution in [3.63, 3.8) is 0 Å². The van der Waals surface area contributed by atoms with Crippen LogP contribution in [-0.2, 0) is 4.79 Å². The van der Waals surface area contributed by atoms with Gasteiger partial charge in [-0.2, -0.15) is 0 Å². The normalized spacial score (nSPS) is 15.4. The van der Waals surface area contributed by atoms with Gasteiger partial charge in [0.25, 0.3) is 23.5 Å². The lowest BCUT2D eigenvalue weighted by atomic mass is 10.0. The summed E-state index contributed by atoms with van der Waals surface area (Å²) in [4.78, 5) is 57.4. The molecule has 8 nitrogen and oxygen atoms in total. The van der Waals surface area contributed by atoms with Crippen molar-refractivity contribution < 1.29 is 23.6 Å². The number of nitrogens with one attached hydrogen (secondary N) is 2. The average molecular weight is 448 g/mol. The maximum Gasteiger partial charge on any atom is 0.292 e. The predicted molar refractivity (Wildman–Crippen MR) is 120 cm³/mol. The van der Waals surface area contributed by atoms with E-state index < -0.39 is 23.4 Å². The molecule has 0 saturated carbocycles. The number of aromatic nitrogens is 1. The van der Waals surface area contributed by atoms with Gasteiger partial charge < -0.3 is 15.2 Å². The molecule has 0 spiro atoms. The first kappa shape index (κ1) is 22.1. The Morgan fingerprint density at radius 3 is 2.61 bits per heavy atom. The van der Waals surface area contributed by atoms with Gasteiger partial charge in [0, 0.05) is 36.8 Å². The highest BCUT2D eigenvalue weighted by Crippen LogP contribution is 2.26. The summed E-state index contributed by atoms with van der Waals surface area (Å²) < 4.78 is 14.4. The average Bonchev–Trinajstić information content (AvgIpc) is 3.50. The number of hydrogen-bond acceptors (Lipinski definition) is 4. The van der Waals surface area contributed by atoms with Crippen molar-refractivity contribution in [3.8, 4) is 0 Å². The monoisotopic (exact) mass is 448 g/mol. The van der Waals surface area contributed by atoms with Crippen LogP contribution in [0.3, 0.4) is 0 Å². The summed E-state index contributed by atoms with van der Waals surface area (Å²) in [6, 6.07) is 11.2. The van der Waals surface area contributed by atoms with Crippen molar-refractivity contribution in [2.24, 2.45) is 10.9 Å². The zero-order chi connectivity index (χ0) is 23.5. The second-order valence-corrected chi connectivity index (χ2v) is 7.82. The molecule has 1 unspecified atom stereocenters. The number of hydrogen-bond donors (Lipinski definition) is 2. The van der Waals surface area contributed by atoms with Crippen LogP contribution in [0.2, 0.25) is 0 Å². The molecule has 1 atom stereocenters. The molecule has 0 bridgehead atoms. The number of carbonyl (C=O) groups is 4. The Labute approximate surface area is 188 Å².